The number of thiophene rings is 1. The van der Waals surface area contributed by atoms with Crippen molar-refractivity contribution in [2.24, 2.45) is 0 Å². The molecule has 0 unspecified atom stereocenters. The van der Waals surface area contributed by atoms with E-state index in [1.54, 1.807) is 11.3 Å². The zero-order valence-electron chi connectivity index (χ0n) is 8.58. The summed E-state index contributed by atoms with van der Waals surface area (Å²) in [6, 6.07) is 2.17. The molecule has 3 heteroatoms. The Kier molecular flexibility index (Phi) is 3.43. The van der Waals surface area contributed by atoms with Gasteiger partial charge in [0.15, 0.2) is 5.06 Å². The summed E-state index contributed by atoms with van der Waals surface area (Å²) in [6.45, 7) is 4.37. The summed E-state index contributed by atoms with van der Waals surface area (Å²) in [5.74, 6) is 0. The van der Waals surface area contributed by atoms with E-state index in [1.165, 1.54) is 5.56 Å². The fourth-order valence-electron chi connectivity index (χ4n) is 1.75. The quantitative estimate of drug-likeness (QED) is 0.829. The first-order valence-electron chi connectivity index (χ1n) is 5.34. The van der Waals surface area contributed by atoms with Crippen LogP contribution in [0.5, 0.6) is 5.06 Å². The molecule has 1 aromatic rings. The van der Waals surface area contributed by atoms with E-state index in [9.17, 15) is 0 Å². The third kappa shape index (κ3) is 2.28. The Morgan fingerprint density at radius 1 is 1.50 bits per heavy atom. The van der Waals surface area contributed by atoms with E-state index < -0.39 is 0 Å². The van der Waals surface area contributed by atoms with Crippen molar-refractivity contribution >= 4 is 11.3 Å². The molecule has 78 valence electrons. The van der Waals surface area contributed by atoms with Crippen LogP contribution >= 0.6 is 11.3 Å². The van der Waals surface area contributed by atoms with Gasteiger partial charge < -0.3 is 10.1 Å². The van der Waals surface area contributed by atoms with Crippen molar-refractivity contribution in [3.63, 3.8) is 0 Å². The molecular formula is C11H17NOS. The zero-order chi connectivity index (χ0) is 9.80. The third-order valence-corrected chi connectivity index (χ3v) is 3.49. The van der Waals surface area contributed by atoms with Gasteiger partial charge in [-0.1, -0.05) is 6.92 Å². The molecule has 0 aromatic carbocycles. The van der Waals surface area contributed by atoms with Crippen LogP contribution in [0.2, 0.25) is 0 Å². The fraction of sp³-hybridized carbons (Fsp3) is 0.636. The van der Waals surface area contributed by atoms with Crippen LogP contribution in [0.3, 0.4) is 0 Å². The van der Waals surface area contributed by atoms with Crippen molar-refractivity contribution in [2.45, 2.75) is 32.3 Å². The molecule has 1 saturated heterocycles. The van der Waals surface area contributed by atoms with Crippen molar-refractivity contribution in [1.29, 1.82) is 0 Å². The van der Waals surface area contributed by atoms with Crippen molar-refractivity contribution in [3.05, 3.63) is 17.0 Å². The van der Waals surface area contributed by atoms with E-state index in [4.69, 9.17) is 4.74 Å². The van der Waals surface area contributed by atoms with E-state index >= 15 is 0 Å². The number of hydrogen-bond acceptors (Lipinski definition) is 3. The van der Waals surface area contributed by atoms with Crippen molar-refractivity contribution in [3.8, 4) is 5.06 Å². The molecule has 1 aliphatic heterocycles. The Morgan fingerprint density at radius 2 is 2.29 bits per heavy atom. The fourth-order valence-corrected chi connectivity index (χ4v) is 2.66. The van der Waals surface area contributed by atoms with Gasteiger partial charge in [-0.2, -0.15) is 0 Å². The van der Waals surface area contributed by atoms with Crippen LogP contribution < -0.4 is 10.1 Å². The lowest BCUT2D eigenvalue weighted by molar-refractivity contribution is 0.166. The number of rotatable bonds is 3. The number of aryl methyl sites for hydroxylation is 1. The molecule has 0 radical (unpaired) electrons. The number of piperidine rings is 1. The predicted octanol–water partition coefficient (Wildman–Crippen LogP) is 2.44. The maximum atomic E-state index is 6.00. The first-order valence-corrected chi connectivity index (χ1v) is 6.22. The highest BCUT2D eigenvalue weighted by atomic mass is 32.1. The molecular weight excluding hydrogens is 194 g/mol. The second kappa shape index (κ2) is 4.80. The van der Waals surface area contributed by atoms with Crippen LogP contribution in [0.1, 0.15) is 25.3 Å². The van der Waals surface area contributed by atoms with Crippen LogP contribution in [0.25, 0.3) is 0 Å². The molecule has 2 nitrogen and oxygen atoms in total. The Bertz CT molecular complexity index is 279. The standard InChI is InChI=1S/C11H17NOS/c1-2-9-5-8-14-11(9)13-10-3-6-12-7-4-10/h5,8,10,12H,2-4,6-7H2,1H3. The second-order valence-corrected chi connectivity index (χ2v) is 4.53. The highest BCUT2D eigenvalue weighted by Crippen LogP contribution is 2.28. The molecule has 0 aliphatic carbocycles. The smallest absolute Gasteiger partial charge is 0.177 e. The molecule has 0 spiro atoms. The summed E-state index contributed by atoms with van der Waals surface area (Å²) in [5, 5.41) is 6.60. The average molecular weight is 211 g/mol. The minimum Gasteiger partial charge on any atom is -0.480 e. The second-order valence-electron chi connectivity index (χ2n) is 3.65. The number of nitrogens with one attached hydrogen (secondary N) is 1. The van der Waals surface area contributed by atoms with Gasteiger partial charge in [0.1, 0.15) is 6.10 Å². The van der Waals surface area contributed by atoms with Gasteiger partial charge in [0.25, 0.3) is 0 Å². The highest BCUT2D eigenvalue weighted by molar-refractivity contribution is 7.12. The van der Waals surface area contributed by atoms with E-state index in [-0.39, 0.29) is 0 Å². The molecule has 14 heavy (non-hydrogen) atoms. The zero-order valence-corrected chi connectivity index (χ0v) is 9.40. The van der Waals surface area contributed by atoms with E-state index in [0.717, 1.165) is 37.4 Å². The monoisotopic (exact) mass is 211 g/mol. The first kappa shape index (κ1) is 9.99. The summed E-state index contributed by atoms with van der Waals surface area (Å²) in [4.78, 5) is 0. The maximum absolute atomic E-state index is 6.00. The third-order valence-electron chi connectivity index (χ3n) is 2.65. The van der Waals surface area contributed by atoms with Gasteiger partial charge in [-0.25, -0.2) is 0 Å². The van der Waals surface area contributed by atoms with Gasteiger partial charge in [-0.05, 0) is 43.8 Å². The van der Waals surface area contributed by atoms with Gasteiger partial charge in [-0.15, -0.1) is 11.3 Å². The minimum atomic E-state index is 0.431. The molecule has 0 bridgehead atoms. The lowest BCUT2D eigenvalue weighted by Crippen LogP contribution is -2.34. The maximum Gasteiger partial charge on any atom is 0.177 e. The van der Waals surface area contributed by atoms with Crippen LogP contribution in [0.15, 0.2) is 11.4 Å². The number of ether oxygens (including phenoxy) is 1. The Balaban J connectivity index is 1.95. The van der Waals surface area contributed by atoms with Crippen LogP contribution in [-0.4, -0.2) is 19.2 Å². The molecule has 2 heterocycles. The van der Waals surface area contributed by atoms with E-state index in [1.807, 2.05) is 0 Å². The van der Waals surface area contributed by atoms with Crippen molar-refractivity contribution in [1.82, 2.24) is 5.32 Å². The molecule has 1 N–H and O–H groups in total. The Morgan fingerprint density at radius 3 is 3.00 bits per heavy atom. The molecule has 0 atom stereocenters. The van der Waals surface area contributed by atoms with Crippen molar-refractivity contribution in [2.75, 3.05) is 13.1 Å². The van der Waals surface area contributed by atoms with Gasteiger partial charge in [0, 0.05) is 5.56 Å². The minimum absolute atomic E-state index is 0.431. The summed E-state index contributed by atoms with van der Waals surface area (Å²) >= 11 is 1.73. The van der Waals surface area contributed by atoms with Gasteiger partial charge in [0.05, 0.1) is 0 Å². The summed E-state index contributed by atoms with van der Waals surface area (Å²) < 4.78 is 6.00. The topological polar surface area (TPSA) is 21.3 Å². The number of hydrogen-bond donors (Lipinski definition) is 1. The molecule has 0 amide bonds. The van der Waals surface area contributed by atoms with Gasteiger partial charge in [-0.3, -0.25) is 0 Å². The molecule has 0 saturated carbocycles. The molecule has 1 aromatic heterocycles. The lowest BCUT2D eigenvalue weighted by Gasteiger charge is -2.23. The van der Waals surface area contributed by atoms with Gasteiger partial charge >= 0.3 is 0 Å². The highest BCUT2D eigenvalue weighted by Gasteiger charge is 2.16. The summed E-state index contributed by atoms with van der Waals surface area (Å²) in [6.07, 6.45) is 3.78. The largest absolute Gasteiger partial charge is 0.480 e. The summed E-state index contributed by atoms with van der Waals surface area (Å²) in [7, 11) is 0. The Hall–Kier alpha value is -0.540. The van der Waals surface area contributed by atoms with E-state index in [0.29, 0.717) is 6.10 Å². The average Bonchev–Trinajstić information content (AvgIpc) is 2.67. The SMILES string of the molecule is CCc1ccsc1OC1CCNCC1. The van der Waals surface area contributed by atoms with E-state index in [2.05, 4.69) is 23.7 Å². The Labute approximate surface area is 89.3 Å². The predicted molar refractivity (Wildman–Crippen MR) is 60.2 cm³/mol. The van der Waals surface area contributed by atoms with Crippen LogP contribution in [0.4, 0.5) is 0 Å². The molecule has 2 rings (SSSR count). The normalized spacial score (nSPS) is 18.4. The van der Waals surface area contributed by atoms with Crippen LogP contribution in [-0.2, 0) is 6.42 Å². The lowest BCUT2D eigenvalue weighted by atomic mass is 10.1. The summed E-state index contributed by atoms with van der Waals surface area (Å²) in [5.41, 5.74) is 1.36. The van der Waals surface area contributed by atoms with Crippen molar-refractivity contribution < 1.29 is 4.74 Å². The first-order chi connectivity index (χ1) is 6.90. The van der Waals surface area contributed by atoms with Crippen LogP contribution in [0, 0.1) is 0 Å². The molecule has 1 fully saturated rings. The van der Waals surface area contributed by atoms with Gasteiger partial charge in [0.2, 0.25) is 0 Å². The molecule has 1 aliphatic rings.